The Balaban J connectivity index is 2.21. The maximum atomic E-state index is 11.9. The Kier molecular flexibility index (Phi) is 5.05. The van der Waals surface area contributed by atoms with Gasteiger partial charge in [0.2, 0.25) is 0 Å². The number of rotatable bonds is 4. The monoisotopic (exact) mass is 347 g/mol. The zero-order valence-corrected chi connectivity index (χ0v) is 13.0. The summed E-state index contributed by atoms with van der Waals surface area (Å²) < 4.78 is 0.826. The molecule has 2 N–H and O–H groups in total. The number of nitrogens with zero attached hydrogens (tertiary/aromatic N) is 2. The van der Waals surface area contributed by atoms with Crippen LogP contribution in [0.15, 0.2) is 52.2 Å². The van der Waals surface area contributed by atoms with Crippen LogP contribution < -0.4 is 5.43 Å². The number of carbonyl (C=O) groups excluding carboxylic acids is 1. The molecule has 21 heavy (non-hydrogen) atoms. The van der Waals surface area contributed by atoms with Gasteiger partial charge in [0.1, 0.15) is 11.4 Å². The van der Waals surface area contributed by atoms with E-state index in [-0.39, 0.29) is 11.4 Å². The highest BCUT2D eigenvalue weighted by Gasteiger charge is 2.10. The van der Waals surface area contributed by atoms with Gasteiger partial charge < -0.3 is 5.11 Å². The molecule has 2 aromatic rings. The van der Waals surface area contributed by atoms with Gasteiger partial charge in [-0.3, -0.25) is 9.78 Å². The van der Waals surface area contributed by atoms with Crippen molar-refractivity contribution in [3.05, 3.63) is 58.3 Å². The van der Waals surface area contributed by atoms with Crippen LogP contribution >= 0.6 is 15.9 Å². The minimum Gasteiger partial charge on any atom is -0.507 e. The average molecular weight is 348 g/mol. The average Bonchev–Trinajstić information content (AvgIpc) is 2.51. The molecule has 0 saturated carbocycles. The Hall–Kier alpha value is -2.21. The number of aromatic hydroxyl groups is 1. The third-order valence-electron chi connectivity index (χ3n) is 2.79. The van der Waals surface area contributed by atoms with E-state index in [1.54, 1.807) is 42.6 Å². The van der Waals surface area contributed by atoms with Crippen LogP contribution in [0, 0.1) is 0 Å². The number of hydrogen-bond donors (Lipinski definition) is 2. The molecule has 1 aromatic heterocycles. The second-order valence-electron chi connectivity index (χ2n) is 4.23. The normalized spacial score (nSPS) is 11.2. The summed E-state index contributed by atoms with van der Waals surface area (Å²) in [7, 11) is 0. The molecule has 5 nitrogen and oxygen atoms in total. The smallest absolute Gasteiger partial charge is 0.289 e. The molecule has 0 spiro atoms. The minimum absolute atomic E-state index is 0.117. The van der Waals surface area contributed by atoms with Crippen LogP contribution in [-0.4, -0.2) is 21.7 Å². The highest BCUT2D eigenvalue weighted by molar-refractivity contribution is 9.10. The van der Waals surface area contributed by atoms with Gasteiger partial charge in [0.05, 0.1) is 5.71 Å². The van der Waals surface area contributed by atoms with Crippen molar-refractivity contribution in [3.63, 3.8) is 0 Å². The van der Waals surface area contributed by atoms with Crippen LogP contribution in [0.2, 0.25) is 0 Å². The second-order valence-corrected chi connectivity index (χ2v) is 5.15. The fourth-order valence-electron chi connectivity index (χ4n) is 1.74. The molecule has 0 aliphatic heterocycles. The molecular formula is C15H14BrN3O2. The molecule has 0 atom stereocenters. The first-order chi connectivity index (χ1) is 10.1. The van der Waals surface area contributed by atoms with Crippen LogP contribution in [0.4, 0.5) is 0 Å². The number of hydrazone groups is 1. The van der Waals surface area contributed by atoms with Gasteiger partial charge in [-0.05, 0) is 36.8 Å². The Morgan fingerprint density at radius 3 is 2.86 bits per heavy atom. The quantitative estimate of drug-likeness (QED) is 0.659. The molecule has 108 valence electrons. The van der Waals surface area contributed by atoms with Gasteiger partial charge in [-0.2, -0.15) is 5.10 Å². The Morgan fingerprint density at radius 1 is 1.38 bits per heavy atom. The van der Waals surface area contributed by atoms with E-state index in [1.807, 2.05) is 6.92 Å². The van der Waals surface area contributed by atoms with Crippen molar-refractivity contribution in [2.45, 2.75) is 13.3 Å². The topological polar surface area (TPSA) is 74.6 Å². The van der Waals surface area contributed by atoms with E-state index in [2.05, 4.69) is 31.4 Å². The number of phenolic OH excluding ortho intramolecular Hbond substituents is 1. The molecule has 0 saturated heterocycles. The molecule has 6 heteroatoms. The molecule has 0 fully saturated rings. The summed E-state index contributed by atoms with van der Waals surface area (Å²) in [4.78, 5) is 15.8. The van der Waals surface area contributed by atoms with Crippen molar-refractivity contribution < 1.29 is 9.90 Å². The van der Waals surface area contributed by atoms with Gasteiger partial charge in [-0.1, -0.05) is 28.9 Å². The molecule has 0 unspecified atom stereocenters. The number of pyridine rings is 1. The molecule has 1 aromatic carbocycles. The first kappa shape index (κ1) is 15.2. The summed E-state index contributed by atoms with van der Waals surface area (Å²) in [6.07, 6.45) is 2.10. The number of halogens is 1. The van der Waals surface area contributed by atoms with E-state index in [1.165, 1.54) is 0 Å². The van der Waals surface area contributed by atoms with Crippen LogP contribution in [-0.2, 0) is 0 Å². The number of nitrogens with one attached hydrogen (secondary N) is 1. The van der Waals surface area contributed by atoms with Crippen molar-refractivity contribution >= 4 is 27.5 Å². The van der Waals surface area contributed by atoms with Crippen LogP contribution in [0.1, 0.15) is 29.4 Å². The van der Waals surface area contributed by atoms with Crippen molar-refractivity contribution in [2.24, 2.45) is 5.10 Å². The van der Waals surface area contributed by atoms with E-state index >= 15 is 0 Å². The summed E-state index contributed by atoms with van der Waals surface area (Å²) >= 11 is 3.35. The van der Waals surface area contributed by atoms with E-state index in [9.17, 15) is 9.90 Å². The predicted molar refractivity (Wildman–Crippen MR) is 84.3 cm³/mol. The Morgan fingerprint density at radius 2 is 2.19 bits per heavy atom. The van der Waals surface area contributed by atoms with Gasteiger partial charge in [0.15, 0.2) is 0 Å². The highest BCUT2D eigenvalue weighted by atomic mass is 79.9. The molecule has 1 heterocycles. The largest absolute Gasteiger partial charge is 0.507 e. The number of amides is 1. The van der Waals surface area contributed by atoms with Gasteiger partial charge in [0.25, 0.3) is 5.91 Å². The van der Waals surface area contributed by atoms with Gasteiger partial charge in [0, 0.05) is 16.2 Å². The fraction of sp³-hybridized carbons (Fsp3) is 0.133. The van der Waals surface area contributed by atoms with Gasteiger partial charge in [-0.25, -0.2) is 5.43 Å². The Bertz CT molecular complexity index is 672. The molecule has 1 amide bonds. The number of carbonyl (C=O) groups is 1. The third kappa shape index (κ3) is 3.88. The zero-order valence-electron chi connectivity index (χ0n) is 11.4. The lowest BCUT2D eigenvalue weighted by Gasteiger charge is -2.07. The SMILES string of the molecule is CC/C(=N\NC(=O)c1ccccn1)c1cc(Br)ccc1O. The summed E-state index contributed by atoms with van der Waals surface area (Å²) in [6.45, 7) is 1.89. The summed E-state index contributed by atoms with van der Waals surface area (Å²) in [6, 6.07) is 10.1. The van der Waals surface area contributed by atoms with Crippen LogP contribution in [0.25, 0.3) is 0 Å². The fourth-order valence-corrected chi connectivity index (χ4v) is 2.10. The van der Waals surface area contributed by atoms with Crippen molar-refractivity contribution in [1.29, 1.82) is 0 Å². The van der Waals surface area contributed by atoms with E-state index in [0.717, 1.165) is 4.47 Å². The Labute approximate surface area is 130 Å². The van der Waals surface area contributed by atoms with Crippen molar-refractivity contribution in [1.82, 2.24) is 10.4 Å². The highest BCUT2D eigenvalue weighted by Crippen LogP contribution is 2.23. The molecule has 0 aliphatic carbocycles. The molecule has 2 rings (SSSR count). The standard InChI is InChI=1S/C15H14BrN3O2/c1-2-12(11-9-10(16)6-7-14(11)20)18-19-15(21)13-5-3-4-8-17-13/h3-9,20H,2H2,1H3,(H,19,21)/b18-12+. The molecule has 0 bridgehead atoms. The van der Waals surface area contributed by atoms with Crippen molar-refractivity contribution in [3.8, 4) is 5.75 Å². The summed E-state index contributed by atoms with van der Waals surface area (Å²) in [5, 5.41) is 14.0. The molecular weight excluding hydrogens is 334 g/mol. The van der Waals surface area contributed by atoms with Crippen LogP contribution in [0.3, 0.4) is 0 Å². The summed E-state index contributed by atoms with van der Waals surface area (Å²) in [5.74, 6) is -0.276. The molecule has 0 aliphatic rings. The number of phenols is 1. The zero-order chi connectivity index (χ0) is 15.2. The number of benzene rings is 1. The molecule has 0 radical (unpaired) electrons. The van der Waals surface area contributed by atoms with Crippen LogP contribution in [0.5, 0.6) is 5.75 Å². The number of hydrogen-bond acceptors (Lipinski definition) is 4. The van der Waals surface area contributed by atoms with Crippen molar-refractivity contribution in [2.75, 3.05) is 0 Å². The van der Waals surface area contributed by atoms with E-state index in [0.29, 0.717) is 17.7 Å². The second kappa shape index (κ2) is 6.99. The third-order valence-corrected chi connectivity index (χ3v) is 3.29. The lowest BCUT2D eigenvalue weighted by molar-refractivity contribution is 0.0950. The summed E-state index contributed by atoms with van der Waals surface area (Å²) in [5.41, 5.74) is 3.90. The van der Waals surface area contributed by atoms with E-state index < -0.39 is 5.91 Å². The lowest BCUT2D eigenvalue weighted by atomic mass is 10.1. The number of aromatic nitrogens is 1. The van der Waals surface area contributed by atoms with Gasteiger partial charge >= 0.3 is 0 Å². The maximum absolute atomic E-state index is 11.9. The first-order valence-electron chi connectivity index (χ1n) is 6.38. The van der Waals surface area contributed by atoms with Gasteiger partial charge in [-0.15, -0.1) is 0 Å². The maximum Gasteiger partial charge on any atom is 0.289 e. The van der Waals surface area contributed by atoms with E-state index in [4.69, 9.17) is 0 Å². The predicted octanol–water partition coefficient (Wildman–Crippen LogP) is 3.09. The lowest BCUT2D eigenvalue weighted by Crippen LogP contribution is -2.21. The minimum atomic E-state index is -0.393. The first-order valence-corrected chi connectivity index (χ1v) is 7.18.